The van der Waals surface area contributed by atoms with E-state index in [1.807, 2.05) is 58.5 Å². The van der Waals surface area contributed by atoms with Crippen molar-refractivity contribution in [2.24, 2.45) is 0 Å². The molecule has 2 fully saturated rings. The Balaban J connectivity index is 1.39. The number of piperidine rings is 1. The minimum absolute atomic E-state index is 0.0106. The molecule has 0 spiro atoms. The van der Waals surface area contributed by atoms with Gasteiger partial charge in [-0.1, -0.05) is 30.3 Å². The molecule has 0 saturated carbocycles. The molecule has 1 aromatic heterocycles. The highest BCUT2D eigenvalue weighted by molar-refractivity contribution is 8.00. The fourth-order valence-corrected chi connectivity index (χ4v) is 5.61. The number of carbonyl (C=O) groups excluding carboxylic acids is 2. The van der Waals surface area contributed by atoms with E-state index in [1.54, 1.807) is 23.1 Å². The highest BCUT2D eigenvalue weighted by atomic mass is 32.2. The van der Waals surface area contributed by atoms with Gasteiger partial charge in [-0.2, -0.15) is 0 Å². The second-order valence-corrected chi connectivity index (χ2v) is 9.40. The molecule has 0 N–H and O–H groups in total. The zero-order chi connectivity index (χ0) is 19.7. The second-order valence-electron chi connectivity index (χ2n) is 7.21. The van der Waals surface area contributed by atoms with Gasteiger partial charge in [0, 0.05) is 19.1 Å². The van der Waals surface area contributed by atoms with Gasteiger partial charge in [0.05, 0.1) is 15.1 Å². The molecule has 1 aromatic carbocycles. The molecule has 2 unspecified atom stereocenters. The van der Waals surface area contributed by atoms with Gasteiger partial charge in [0.15, 0.2) is 0 Å². The van der Waals surface area contributed by atoms with Crippen molar-refractivity contribution in [3.8, 4) is 0 Å². The number of hydrogen-bond acceptors (Lipinski definition) is 5. The Hall–Kier alpha value is -1.99. The lowest BCUT2D eigenvalue weighted by Crippen LogP contribution is -2.49. The first kappa shape index (κ1) is 19.3. The van der Waals surface area contributed by atoms with Crippen LogP contribution in [0.4, 0.5) is 4.79 Å². The van der Waals surface area contributed by atoms with Gasteiger partial charge >= 0.3 is 6.09 Å². The van der Waals surface area contributed by atoms with E-state index >= 15 is 0 Å². The Kier molecular flexibility index (Phi) is 5.64. The molecule has 2 atom stereocenters. The van der Waals surface area contributed by atoms with Crippen molar-refractivity contribution in [2.75, 3.05) is 19.3 Å². The third-order valence-corrected chi connectivity index (χ3v) is 7.74. The summed E-state index contributed by atoms with van der Waals surface area (Å²) in [4.78, 5) is 29.9. The normalized spacial score (nSPS) is 23.1. The average molecular weight is 417 g/mol. The third kappa shape index (κ3) is 3.65. The van der Waals surface area contributed by atoms with Crippen molar-refractivity contribution < 1.29 is 14.3 Å². The maximum Gasteiger partial charge on any atom is 0.411 e. The van der Waals surface area contributed by atoms with Gasteiger partial charge in [-0.05, 0) is 43.7 Å². The lowest BCUT2D eigenvalue weighted by Gasteiger charge is -2.37. The van der Waals surface area contributed by atoms with Crippen LogP contribution in [0, 0.1) is 0 Å². The predicted octanol–water partition coefficient (Wildman–Crippen LogP) is 4.66. The highest BCUT2D eigenvalue weighted by Crippen LogP contribution is 2.36. The zero-order valence-corrected chi connectivity index (χ0v) is 17.7. The van der Waals surface area contributed by atoms with Crippen LogP contribution >= 0.6 is 23.1 Å². The molecule has 2 amide bonds. The first-order chi connectivity index (χ1) is 13.6. The summed E-state index contributed by atoms with van der Waals surface area (Å²) in [6.45, 7) is 3.39. The molecular weight excluding hydrogens is 392 g/mol. The van der Waals surface area contributed by atoms with Crippen LogP contribution in [-0.4, -0.2) is 53.2 Å². The van der Waals surface area contributed by atoms with Crippen molar-refractivity contribution in [1.82, 2.24) is 9.80 Å². The van der Waals surface area contributed by atoms with E-state index < -0.39 is 0 Å². The van der Waals surface area contributed by atoms with E-state index in [0.717, 1.165) is 27.5 Å². The summed E-state index contributed by atoms with van der Waals surface area (Å²) in [6, 6.07) is 13.9. The van der Waals surface area contributed by atoms with E-state index in [9.17, 15) is 9.59 Å². The largest absolute Gasteiger partial charge is 0.439 e. The molecule has 2 aliphatic heterocycles. The molecule has 148 valence electrons. The number of cyclic esters (lactones) is 1. The molecule has 0 aliphatic carbocycles. The monoisotopic (exact) mass is 416 g/mol. The van der Waals surface area contributed by atoms with Gasteiger partial charge in [0.25, 0.3) is 5.91 Å². The SMILES string of the molecule is CSc1ccc(C(=O)N2CCC(N3C(=O)OC(c4ccccc4)C3C)CC2)s1. The maximum absolute atomic E-state index is 12.7. The van der Waals surface area contributed by atoms with Crippen molar-refractivity contribution in [3.05, 3.63) is 52.9 Å². The summed E-state index contributed by atoms with van der Waals surface area (Å²) in [5, 5.41) is 0. The van der Waals surface area contributed by atoms with Crippen LogP contribution in [-0.2, 0) is 4.74 Å². The Labute approximate surface area is 173 Å². The van der Waals surface area contributed by atoms with Crippen molar-refractivity contribution in [3.63, 3.8) is 0 Å². The first-order valence-electron chi connectivity index (χ1n) is 9.55. The summed E-state index contributed by atoms with van der Waals surface area (Å²) < 4.78 is 6.84. The molecule has 2 aliphatic rings. The second kappa shape index (κ2) is 8.17. The molecule has 2 saturated heterocycles. The smallest absolute Gasteiger partial charge is 0.411 e. The van der Waals surface area contributed by atoms with Crippen LogP contribution < -0.4 is 0 Å². The number of benzene rings is 1. The summed E-state index contributed by atoms with van der Waals surface area (Å²) in [5.41, 5.74) is 1.03. The van der Waals surface area contributed by atoms with Gasteiger partial charge in [-0.15, -0.1) is 23.1 Å². The molecular formula is C21H24N2O3S2. The van der Waals surface area contributed by atoms with Crippen LogP contribution in [0.3, 0.4) is 0 Å². The Morgan fingerprint density at radius 3 is 2.50 bits per heavy atom. The highest BCUT2D eigenvalue weighted by Gasteiger charge is 2.44. The molecule has 2 aromatic rings. The Morgan fingerprint density at radius 1 is 1.14 bits per heavy atom. The molecule has 3 heterocycles. The fraction of sp³-hybridized carbons (Fsp3) is 0.429. The summed E-state index contributed by atoms with van der Waals surface area (Å²) in [6.07, 6.45) is 3.12. The van der Waals surface area contributed by atoms with Crippen molar-refractivity contribution in [2.45, 2.75) is 42.2 Å². The van der Waals surface area contributed by atoms with Crippen LogP contribution in [0.1, 0.15) is 41.1 Å². The number of likely N-dealkylation sites (tertiary alicyclic amines) is 1. The zero-order valence-electron chi connectivity index (χ0n) is 16.0. The minimum Gasteiger partial charge on any atom is -0.439 e. The number of ether oxygens (including phenoxy) is 1. The third-order valence-electron chi connectivity index (χ3n) is 5.58. The van der Waals surface area contributed by atoms with Gasteiger partial charge in [-0.25, -0.2) is 4.79 Å². The summed E-state index contributed by atoms with van der Waals surface area (Å²) in [5.74, 6) is 0.1000. The maximum atomic E-state index is 12.7. The number of nitrogens with zero attached hydrogens (tertiary/aromatic N) is 2. The number of hydrogen-bond donors (Lipinski definition) is 0. The van der Waals surface area contributed by atoms with E-state index in [-0.39, 0.29) is 30.2 Å². The molecule has 5 nitrogen and oxygen atoms in total. The molecule has 0 bridgehead atoms. The average Bonchev–Trinajstić information content (AvgIpc) is 3.33. The van der Waals surface area contributed by atoms with Gasteiger partial charge in [0.1, 0.15) is 6.10 Å². The number of thiophene rings is 1. The number of amides is 2. The van der Waals surface area contributed by atoms with Crippen LogP contribution in [0.2, 0.25) is 0 Å². The lowest BCUT2D eigenvalue weighted by atomic mass is 9.98. The standard InChI is InChI=1S/C21H24N2O3S2/c1-14-19(15-6-4-3-5-7-15)26-21(25)23(14)16-10-12-22(13-11-16)20(24)17-8-9-18(27-2)28-17/h3-9,14,16,19H,10-13H2,1-2H3. The summed E-state index contributed by atoms with van der Waals surface area (Å²) >= 11 is 3.21. The molecule has 7 heteroatoms. The van der Waals surface area contributed by atoms with Gasteiger partial charge < -0.3 is 9.64 Å². The van der Waals surface area contributed by atoms with E-state index in [1.165, 1.54) is 0 Å². The van der Waals surface area contributed by atoms with Gasteiger partial charge in [0.2, 0.25) is 0 Å². The molecule has 4 rings (SSSR count). The lowest BCUT2D eigenvalue weighted by molar-refractivity contribution is 0.0645. The van der Waals surface area contributed by atoms with Crippen LogP contribution in [0.5, 0.6) is 0 Å². The van der Waals surface area contributed by atoms with Gasteiger partial charge in [-0.3, -0.25) is 9.69 Å². The number of rotatable bonds is 4. The number of carbonyl (C=O) groups is 2. The van der Waals surface area contributed by atoms with Crippen molar-refractivity contribution >= 4 is 35.1 Å². The van der Waals surface area contributed by atoms with E-state index in [0.29, 0.717) is 13.1 Å². The molecule has 0 radical (unpaired) electrons. The van der Waals surface area contributed by atoms with E-state index in [2.05, 4.69) is 6.92 Å². The topological polar surface area (TPSA) is 49.9 Å². The van der Waals surface area contributed by atoms with Crippen molar-refractivity contribution in [1.29, 1.82) is 0 Å². The van der Waals surface area contributed by atoms with Crippen LogP contribution in [0.25, 0.3) is 0 Å². The Bertz CT molecular complexity index is 846. The summed E-state index contributed by atoms with van der Waals surface area (Å²) in [7, 11) is 0. The molecule has 28 heavy (non-hydrogen) atoms. The van der Waals surface area contributed by atoms with Crippen LogP contribution in [0.15, 0.2) is 46.7 Å². The Morgan fingerprint density at radius 2 is 1.86 bits per heavy atom. The quantitative estimate of drug-likeness (QED) is 0.681. The van der Waals surface area contributed by atoms with E-state index in [4.69, 9.17) is 4.74 Å². The minimum atomic E-state index is -0.242. The predicted molar refractivity (Wildman–Crippen MR) is 112 cm³/mol. The first-order valence-corrected chi connectivity index (χ1v) is 11.6. The fourth-order valence-electron chi connectivity index (χ4n) is 4.10. The number of thioether (sulfide) groups is 1.